The highest BCUT2D eigenvalue weighted by molar-refractivity contribution is 9.10. The standard InChI is InChI=1S/C14H21BrN2/c1-11-13(6-7-16-11)10-17(2)9-12-4-3-5-14(15)8-12/h3-5,8,11,13,16H,6-7,9-10H2,1-2H3. The minimum Gasteiger partial charge on any atom is -0.314 e. The summed E-state index contributed by atoms with van der Waals surface area (Å²) in [6, 6.07) is 9.24. The van der Waals surface area contributed by atoms with Crippen molar-refractivity contribution in [3.05, 3.63) is 34.3 Å². The molecule has 0 amide bonds. The average Bonchev–Trinajstić information content (AvgIpc) is 2.64. The topological polar surface area (TPSA) is 15.3 Å². The quantitative estimate of drug-likeness (QED) is 0.919. The average molecular weight is 297 g/mol. The second-order valence-electron chi connectivity index (χ2n) is 5.12. The van der Waals surface area contributed by atoms with Gasteiger partial charge in [-0.1, -0.05) is 28.1 Å². The van der Waals surface area contributed by atoms with Crippen molar-refractivity contribution in [2.45, 2.75) is 25.9 Å². The molecule has 1 saturated heterocycles. The lowest BCUT2D eigenvalue weighted by atomic mass is 10.0. The van der Waals surface area contributed by atoms with Crippen molar-refractivity contribution in [2.75, 3.05) is 20.1 Å². The van der Waals surface area contributed by atoms with Crippen molar-refractivity contribution in [3.8, 4) is 0 Å². The predicted octanol–water partition coefficient (Wildman–Crippen LogP) is 2.88. The fraction of sp³-hybridized carbons (Fsp3) is 0.571. The molecule has 1 fully saturated rings. The van der Waals surface area contributed by atoms with E-state index in [4.69, 9.17) is 0 Å². The van der Waals surface area contributed by atoms with E-state index in [9.17, 15) is 0 Å². The maximum Gasteiger partial charge on any atom is 0.0231 e. The van der Waals surface area contributed by atoms with E-state index >= 15 is 0 Å². The summed E-state index contributed by atoms with van der Waals surface area (Å²) in [7, 11) is 2.21. The molecule has 0 spiro atoms. The number of nitrogens with zero attached hydrogens (tertiary/aromatic N) is 1. The Kier molecular flexibility index (Phi) is 4.60. The van der Waals surface area contributed by atoms with Gasteiger partial charge in [0, 0.05) is 23.6 Å². The third kappa shape index (κ3) is 3.80. The summed E-state index contributed by atoms with van der Waals surface area (Å²) in [6.07, 6.45) is 1.31. The van der Waals surface area contributed by atoms with Crippen LogP contribution in [0.4, 0.5) is 0 Å². The molecule has 1 aliphatic heterocycles. The van der Waals surface area contributed by atoms with E-state index in [0.717, 1.165) is 12.5 Å². The Morgan fingerprint density at radius 1 is 1.47 bits per heavy atom. The summed E-state index contributed by atoms with van der Waals surface area (Å²) >= 11 is 3.52. The molecule has 0 aliphatic carbocycles. The molecule has 1 heterocycles. The Morgan fingerprint density at radius 3 is 2.94 bits per heavy atom. The summed E-state index contributed by atoms with van der Waals surface area (Å²) in [6.45, 7) is 5.69. The van der Waals surface area contributed by atoms with Crippen LogP contribution in [0.15, 0.2) is 28.7 Å². The van der Waals surface area contributed by atoms with Crippen LogP contribution < -0.4 is 5.32 Å². The smallest absolute Gasteiger partial charge is 0.0231 e. The summed E-state index contributed by atoms with van der Waals surface area (Å²) in [5.41, 5.74) is 1.38. The summed E-state index contributed by atoms with van der Waals surface area (Å²) in [5.74, 6) is 0.798. The van der Waals surface area contributed by atoms with Gasteiger partial charge in [0.05, 0.1) is 0 Å². The van der Waals surface area contributed by atoms with Crippen molar-refractivity contribution < 1.29 is 0 Å². The molecule has 0 saturated carbocycles. The molecule has 0 radical (unpaired) electrons. The van der Waals surface area contributed by atoms with Crippen LogP contribution in [0.5, 0.6) is 0 Å². The fourth-order valence-corrected chi connectivity index (χ4v) is 3.02. The normalized spacial score (nSPS) is 24.5. The number of rotatable bonds is 4. The van der Waals surface area contributed by atoms with Crippen LogP contribution in [0.25, 0.3) is 0 Å². The number of hydrogen-bond donors (Lipinski definition) is 1. The molecule has 17 heavy (non-hydrogen) atoms. The highest BCUT2D eigenvalue weighted by atomic mass is 79.9. The lowest BCUT2D eigenvalue weighted by Gasteiger charge is -2.23. The highest BCUT2D eigenvalue weighted by Gasteiger charge is 2.23. The maximum atomic E-state index is 3.52. The van der Waals surface area contributed by atoms with Gasteiger partial charge in [0.1, 0.15) is 0 Å². The number of halogens is 1. The Bertz CT molecular complexity index is 367. The van der Waals surface area contributed by atoms with E-state index in [1.807, 2.05) is 0 Å². The molecule has 94 valence electrons. The summed E-state index contributed by atoms with van der Waals surface area (Å²) in [4.78, 5) is 2.43. The van der Waals surface area contributed by atoms with E-state index in [-0.39, 0.29) is 0 Å². The van der Waals surface area contributed by atoms with Crippen LogP contribution in [-0.4, -0.2) is 31.1 Å². The van der Waals surface area contributed by atoms with Crippen molar-refractivity contribution in [2.24, 2.45) is 5.92 Å². The highest BCUT2D eigenvalue weighted by Crippen LogP contribution is 2.18. The van der Waals surface area contributed by atoms with Gasteiger partial charge in [0.15, 0.2) is 0 Å². The molecular formula is C14H21BrN2. The molecule has 1 aromatic carbocycles. The van der Waals surface area contributed by atoms with Crippen LogP contribution >= 0.6 is 15.9 Å². The molecule has 2 rings (SSSR count). The third-order valence-corrected chi connectivity index (χ3v) is 4.07. The van der Waals surface area contributed by atoms with Crippen molar-refractivity contribution in [3.63, 3.8) is 0 Å². The second-order valence-corrected chi connectivity index (χ2v) is 6.03. The van der Waals surface area contributed by atoms with Crippen molar-refractivity contribution in [1.29, 1.82) is 0 Å². The van der Waals surface area contributed by atoms with Gasteiger partial charge in [-0.3, -0.25) is 0 Å². The van der Waals surface area contributed by atoms with E-state index in [0.29, 0.717) is 6.04 Å². The Morgan fingerprint density at radius 2 is 2.29 bits per heavy atom. The fourth-order valence-electron chi connectivity index (χ4n) is 2.57. The zero-order valence-electron chi connectivity index (χ0n) is 10.6. The first-order valence-corrected chi connectivity index (χ1v) is 7.11. The van der Waals surface area contributed by atoms with Gasteiger partial charge in [-0.2, -0.15) is 0 Å². The summed E-state index contributed by atoms with van der Waals surface area (Å²) < 4.78 is 1.17. The van der Waals surface area contributed by atoms with Crippen molar-refractivity contribution in [1.82, 2.24) is 10.2 Å². The molecule has 2 nitrogen and oxygen atoms in total. The Hall–Kier alpha value is -0.380. The Balaban J connectivity index is 1.86. The van der Waals surface area contributed by atoms with Crippen LogP contribution in [0.3, 0.4) is 0 Å². The van der Waals surface area contributed by atoms with Gasteiger partial charge < -0.3 is 10.2 Å². The molecule has 3 heteroatoms. The van der Waals surface area contributed by atoms with Crippen LogP contribution in [0.1, 0.15) is 18.9 Å². The molecular weight excluding hydrogens is 276 g/mol. The zero-order chi connectivity index (χ0) is 12.3. The van der Waals surface area contributed by atoms with Gasteiger partial charge in [-0.15, -0.1) is 0 Å². The molecule has 2 atom stereocenters. The van der Waals surface area contributed by atoms with Gasteiger partial charge in [0.2, 0.25) is 0 Å². The van der Waals surface area contributed by atoms with E-state index in [1.54, 1.807) is 0 Å². The minimum atomic E-state index is 0.667. The first-order chi connectivity index (χ1) is 8.15. The van der Waals surface area contributed by atoms with E-state index < -0.39 is 0 Å². The zero-order valence-corrected chi connectivity index (χ0v) is 12.2. The maximum absolute atomic E-state index is 3.52. The van der Waals surface area contributed by atoms with Crippen LogP contribution in [0, 0.1) is 5.92 Å². The van der Waals surface area contributed by atoms with E-state index in [2.05, 4.69) is 64.4 Å². The van der Waals surface area contributed by atoms with Gasteiger partial charge >= 0.3 is 0 Å². The summed E-state index contributed by atoms with van der Waals surface area (Å²) in [5, 5.41) is 3.51. The molecule has 0 bridgehead atoms. The van der Waals surface area contributed by atoms with Gasteiger partial charge in [-0.05, 0) is 50.6 Å². The second kappa shape index (κ2) is 5.98. The largest absolute Gasteiger partial charge is 0.314 e. The minimum absolute atomic E-state index is 0.667. The van der Waals surface area contributed by atoms with Gasteiger partial charge in [0.25, 0.3) is 0 Å². The number of hydrogen-bond acceptors (Lipinski definition) is 2. The molecule has 1 aromatic rings. The molecule has 0 aromatic heterocycles. The first-order valence-electron chi connectivity index (χ1n) is 6.31. The van der Waals surface area contributed by atoms with Crippen LogP contribution in [0.2, 0.25) is 0 Å². The first kappa shape index (κ1) is 13.1. The molecule has 1 N–H and O–H groups in total. The predicted molar refractivity (Wildman–Crippen MR) is 76.0 cm³/mol. The third-order valence-electron chi connectivity index (χ3n) is 3.58. The number of benzene rings is 1. The van der Waals surface area contributed by atoms with Crippen LogP contribution in [-0.2, 0) is 6.54 Å². The van der Waals surface area contributed by atoms with Crippen molar-refractivity contribution >= 4 is 15.9 Å². The monoisotopic (exact) mass is 296 g/mol. The van der Waals surface area contributed by atoms with E-state index in [1.165, 1.54) is 29.5 Å². The molecule has 2 unspecified atom stereocenters. The lowest BCUT2D eigenvalue weighted by Crippen LogP contribution is -2.32. The Labute approximate surface area is 113 Å². The lowest BCUT2D eigenvalue weighted by molar-refractivity contribution is 0.259. The van der Waals surface area contributed by atoms with Gasteiger partial charge in [-0.25, -0.2) is 0 Å². The number of nitrogens with one attached hydrogen (secondary N) is 1. The molecule has 1 aliphatic rings. The SMILES string of the molecule is CC1NCCC1CN(C)Cc1cccc(Br)c1.